The molecule has 0 aromatic heterocycles. The predicted molar refractivity (Wildman–Crippen MR) is 129 cm³/mol. The Morgan fingerprint density at radius 2 is 1.67 bits per heavy atom. The van der Waals surface area contributed by atoms with Crippen LogP contribution in [0.4, 0.5) is 17.1 Å². The zero-order valence-corrected chi connectivity index (χ0v) is 19.1. The normalized spacial score (nSPS) is 13.7. The van der Waals surface area contributed by atoms with Gasteiger partial charge in [0.2, 0.25) is 11.8 Å². The van der Waals surface area contributed by atoms with E-state index in [-0.39, 0.29) is 10.8 Å². The van der Waals surface area contributed by atoms with Crippen LogP contribution in [0.3, 0.4) is 0 Å². The van der Waals surface area contributed by atoms with E-state index >= 15 is 0 Å². The lowest BCUT2D eigenvalue weighted by atomic mass is 10.1. The first-order chi connectivity index (χ1) is 15.9. The number of aryl methyl sites for hydroxylation is 1. The Balaban J connectivity index is 1.59. The number of hydrogen-bond acceptors (Lipinski definition) is 4. The number of sulfonamides is 1. The summed E-state index contributed by atoms with van der Waals surface area (Å²) < 4.78 is 27.8. The van der Waals surface area contributed by atoms with E-state index in [1.165, 1.54) is 12.1 Å². The molecule has 0 unspecified atom stereocenters. The Morgan fingerprint density at radius 1 is 1.00 bits per heavy atom. The average Bonchev–Trinajstić information content (AvgIpc) is 3.25. The summed E-state index contributed by atoms with van der Waals surface area (Å²) in [7, 11) is -3.96. The van der Waals surface area contributed by atoms with Crippen molar-refractivity contribution in [2.24, 2.45) is 0 Å². The minimum atomic E-state index is -3.96. The van der Waals surface area contributed by atoms with Crippen molar-refractivity contribution in [3.05, 3.63) is 84.4 Å². The van der Waals surface area contributed by atoms with Gasteiger partial charge in [-0.1, -0.05) is 42.5 Å². The van der Waals surface area contributed by atoms with Gasteiger partial charge in [-0.15, -0.1) is 0 Å². The van der Waals surface area contributed by atoms with Crippen molar-refractivity contribution in [1.29, 1.82) is 0 Å². The van der Waals surface area contributed by atoms with Gasteiger partial charge in [0.05, 0.1) is 10.6 Å². The van der Waals surface area contributed by atoms with Crippen LogP contribution in [0.5, 0.6) is 0 Å². The summed E-state index contributed by atoms with van der Waals surface area (Å²) in [5.41, 5.74) is 2.59. The lowest BCUT2D eigenvalue weighted by Gasteiger charge is -2.24. The van der Waals surface area contributed by atoms with E-state index in [1.54, 1.807) is 65.6 Å². The predicted octanol–water partition coefficient (Wildman–Crippen LogP) is 3.96. The summed E-state index contributed by atoms with van der Waals surface area (Å²) in [6.07, 6.45) is 1.32. The van der Waals surface area contributed by atoms with Gasteiger partial charge in [-0.3, -0.25) is 13.9 Å². The molecule has 4 rings (SSSR count). The number of para-hydroxylation sites is 1. The largest absolute Gasteiger partial charge is 0.324 e. The standard InChI is InChI=1S/C25H25N3O4S/c1-19-14-15-20(17-23(19)27-16-8-13-25(27)30)26-24(29)18-28(21-9-4-2-5-10-21)33(31,32)22-11-6-3-7-12-22/h2-7,9-12,14-15,17H,8,13,16,18H2,1H3,(H,26,29). The molecule has 7 nitrogen and oxygen atoms in total. The van der Waals surface area contributed by atoms with Gasteiger partial charge >= 0.3 is 0 Å². The molecule has 8 heteroatoms. The lowest BCUT2D eigenvalue weighted by Crippen LogP contribution is -2.38. The van der Waals surface area contributed by atoms with Gasteiger partial charge in [0.25, 0.3) is 10.0 Å². The molecule has 1 aliphatic heterocycles. The summed E-state index contributed by atoms with van der Waals surface area (Å²) >= 11 is 0. The molecule has 3 aromatic carbocycles. The Hall–Kier alpha value is -3.65. The third-order valence-corrected chi connectivity index (χ3v) is 7.31. The highest BCUT2D eigenvalue weighted by molar-refractivity contribution is 7.92. The summed E-state index contributed by atoms with van der Waals surface area (Å²) in [5.74, 6) is -0.424. The van der Waals surface area contributed by atoms with E-state index in [1.807, 2.05) is 13.0 Å². The Morgan fingerprint density at radius 3 is 2.30 bits per heavy atom. The molecule has 1 fully saturated rings. The van der Waals surface area contributed by atoms with Crippen LogP contribution >= 0.6 is 0 Å². The van der Waals surface area contributed by atoms with Crippen LogP contribution in [-0.4, -0.2) is 33.3 Å². The van der Waals surface area contributed by atoms with Crippen molar-refractivity contribution in [2.45, 2.75) is 24.7 Å². The minimum Gasteiger partial charge on any atom is -0.324 e. The van der Waals surface area contributed by atoms with Crippen LogP contribution in [0.25, 0.3) is 0 Å². The molecule has 0 saturated carbocycles. The summed E-state index contributed by atoms with van der Waals surface area (Å²) in [6, 6.07) is 21.9. The van der Waals surface area contributed by atoms with E-state index in [4.69, 9.17) is 0 Å². The van der Waals surface area contributed by atoms with Crippen molar-refractivity contribution in [2.75, 3.05) is 27.6 Å². The van der Waals surface area contributed by atoms with Crippen molar-refractivity contribution < 1.29 is 18.0 Å². The first kappa shape index (κ1) is 22.5. The van der Waals surface area contributed by atoms with E-state index in [9.17, 15) is 18.0 Å². The number of carbonyl (C=O) groups is 2. The lowest BCUT2D eigenvalue weighted by molar-refractivity contribution is -0.117. The molecule has 0 spiro atoms. The van der Waals surface area contributed by atoms with Crippen LogP contribution in [-0.2, 0) is 19.6 Å². The van der Waals surface area contributed by atoms with Crippen molar-refractivity contribution >= 4 is 38.9 Å². The highest BCUT2D eigenvalue weighted by Gasteiger charge is 2.27. The number of nitrogens with zero attached hydrogens (tertiary/aromatic N) is 2. The van der Waals surface area contributed by atoms with Gasteiger partial charge in [0.1, 0.15) is 6.54 Å². The Kier molecular flexibility index (Phi) is 6.46. The van der Waals surface area contributed by atoms with Crippen LogP contribution in [0, 0.1) is 6.92 Å². The van der Waals surface area contributed by atoms with Crippen LogP contribution in [0.1, 0.15) is 18.4 Å². The molecule has 0 bridgehead atoms. The summed E-state index contributed by atoms with van der Waals surface area (Å²) in [5, 5.41) is 2.79. The second-order valence-corrected chi connectivity index (χ2v) is 9.72. The van der Waals surface area contributed by atoms with Crippen molar-refractivity contribution in [1.82, 2.24) is 0 Å². The van der Waals surface area contributed by atoms with E-state index in [2.05, 4.69) is 5.32 Å². The van der Waals surface area contributed by atoms with Gasteiger partial charge in [0, 0.05) is 24.3 Å². The molecule has 2 amide bonds. The molecular weight excluding hydrogens is 438 g/mol. The fraction of sp³-hybridized carbons (Fsp3) is 0.200. The topological polar surface area (TPSA) is 86.8 Å². The molecule has 1 N–H and O–H groups in total. The molecular formula is C25H25N3O4S. The second-order valence-electron chi connectivity index (χ2n) is 7.86. The highest BCUT2D eigenvalue weighted by atomic mass is 32.2. The first-order valence-corrected chi connectivity index (χ1v) is 12.1. The third-order valence-electron chi connectivity index (χ3n) is 5.52. The summed E-state index contributed by atoms with van der Waals surface area (Å²) in [6.45, 7) is 2.16. The van der Waals surface area contributed by atoms with Gasteiger partial charge < -0.3 is 10.2 Å². The molecule has 1 heterocycles. The average molecular weight is 464 g/mol. The first-order valence-electron chi connectivity index (χ1n) is 10.7. The monoisotopic (exact) mass is 463 g/mol. The number of nitrogens with one attached hydrogen (secondary N) is 1. The molecule has 1 aliphatic rings. The number of amides is 2. The van der Waals surface area contributed by atoms with Crippen molar-refractivity contribution in [3.63, 3.8) is 0 Å². The molecule has 3 aromatic rings. The fourth-order valence-electron chi connectivity index (χ4n) is 3.84. The number of benzene rings is 3. The molecule has 0 radical (unpaired) electrons. The van der Waals surface area contributed by atoms with Crippen molar-refractivity contribution in [3.8, 4) is 0 Å². The van der Waals surface area contributed by atoms with Crippen LogP contribution in [0.15, 0.2) is 83.8 Å². The van der Waals surface area contributed by atoms with Crippen LogP contribution < -0.4 is 14.5 Å². The molecule has 1 saturated heterocycles. The van der Waals surface area contributed by atoms with Gasteiger partial charge in [-0.2, -0.15) is 0 Å². The van der Waals surface area contributed by atoms with E-state index in [0.29, 0.717) is 24.3 Å². The maximum Gasteiger partial charge on any atom is 0.264 e. The zero-order chi connectivity index (χ0) is 23.4. The maximum atomic E-state index is 13.3. The second kappa shape index (κ2) is 9.46. The number of hydrogen-bond donors (Lipinski definition) is 1. The van der Waals surface area contributed by atoms with Gasteiger partial charge in [0.15, 0.2) is 0 Å². The quantitative estimate of drug-likeness (QED) is 0.575. The maximum absolute atomic E-state index is 13.3. The van der Waals surface area contributed by atoms with E-state index < -0.39 is 22.5 Å². The summed E-state index contributed by atoms with van der Waals surface area (Å²) in [4.78, 5) is 27.0. The Bertz CT molecular complexity index is 1260. The minimum absolute atomic E-state index is 0.0609. The number of rotatable bonds is 7. The third kappa shape index (κ3) is 4.90. The number of carbonyl (C=O) groups excluding carboxylic acids is 2. The molecule has 0 atom stereocenters. The SMILES string of the molecule is Cc1ccc(NC(=O)CN(c2ccccc2)S(=O)(=O)c2ccccc2)cc1N1CCCC1=O. The van der Waals surface area contributed by atoms with Gasteiger partial charge in [-0.25, -0.2) is 8.42 Å². The molecule has 170 valence electrons. The van der Waals surface area contributed by atoms with Crippen LogP contribution in [0.2, 0.25) is 0 Å². The highest BCUT2D eigenvalue weighted by Crippen LogP contribution is 2.28. The van der Waals surface area contributed by atoms with Gasteiger partial charge in [-0.05, 0) is 55.3 Å². The number of anilines is 3. The molecule has 0 aliphatic carbocycles. The Labute approximate surface area is 193 Å². The smallest absolute Gasteiger partial charge is 0.264 e. The molecule has 33 heavy (non-hydrogen) atoms. The van der Waals surface area contributed by atoms with E-state index in [0.717, 1.165) is 22.0 Å². The zero-order valence-electron chi connectivity index (χ0n) is 18.3. The fourth-order valence-corrected chi connectivity index (χ4v) is 5.28.